The zero-order valence-corrected chi connectivity index (χ0v) is 57.6. The number of hydrogen-bond donors (Lipinski definition) is 0. The van der Waals surface area contributed by atoms with E-state index < -0.39 is 0 Å². The zero-order valence-electron chi connectivity index (χ0n) is 57.6. The van der Waals surface area contributed by atoms with E-state index in [0.29, 0.717) is 48.1 Å². The van der Waals surface area contributed by atoms with Crippen LogP contribution in [0.5, 0.6) is 0 Å². The van der Waals surface area contributed by atoms with Gasteiger partial charge in [-0.1, -0.05) is 94.4 Å². The molecule has 92 heavy (non-hydrogen) atoms. The van der Waals surface area contributed by atoms with Gasteiger partial charge in [-0.15, -0.1) is 15.3 Å². The van der Waals surface area contributed by atoms with Crippen LogP contribution in [-0.2, 0) is 0 Å². The van der Waals surface area contributed by atoms with Crippen molar-refractivity contribution in [1.82, 2.24) is 104 Å². The summed E-state index contributed by atoms with van der Waals surface area (Å²) in [5.74, 6) is 2.05. The molecule has 0 N–H and O–H groups in total. The van der Waals surface area contributed by atoms with Crippen LogP contribution >= 0.6 is 0 Å². The van der Waals surface area contributed by atoms with Gasteiger partial charge in [0.1, 0.15) is 22.9 Å². The molecule has 0 amide bonds. The lowest BCUT2D eigenvalue weighted by atomic mass is 10.1. The lowest BCUT2D eigenvalue weighted by Gasteiger charge is -2.06. The van der Waals surface area contributed by atoms with Crippen molar-refractivity contribution in [3.8, 4) is 0 Å². The smallest absolute Gasteiger partial charge is 0.178 e. The third-order valence-electron chi connectivity index (χ3n) is 12.8. The van der Waals surface area contributed by atoms with Crippen LogP contribution in [0.2, 0.25) is 0 Å². The summed E-state index contributed by atoms with van der Waals surface area (Å²) >= 11 is 0. The topological polar surface area (TPSA) is 223 Å². The SMILES string of the molecule is CC(C)C.CC(C)c1cccnc1.CC(C)c1ccncc1.CC(C)n1ccnc1.CC(C)n1ccnn1.CC(C)n1cnc2ccccc21.CC(C)n1cnc2cccnc21.CC(C)n1nnc2ccccc21.CC(C)n1nnc2cccnc21.c1cncnc1. The van der Waals surface area contributed by atoms with E-state index in [1.807, 2.05) is 144 Å². The molecule has 0 spiro atoms. The molecule has 0 saturated heterocycles. The van der Waals surface area contributed by atoms with Crippen LogP contribution < -0.4 is 0 Å². The van der Waals surface area contributed by atoms with E-state index in [2.05, 4.69) is 233 Å². The van der Waals surface area contributed by atoms with Gasteiger partial charge in [0.15, 0.2) is 11.3 Å². The Labute approximate surface area is 545 Å². The lowest BCUT2D eigenvalue weighted by Crippen LogP contribution is -2.03. The van der Waals surface area contributed by atoms with Crippen molar-refractivity contribution < 1.29 is 0 Å². The van der Waals surface area contributed by atoms with Crippen LogP contribution in [0.4, 0.5) is 0 Å². The average molecular weight is 1250 g/mol. The Bertz CT molecular complexity index is 3480. The first-order valence-corrected chi connectivity index (χ1v) is 31.6. The second kappa shape index (κ2) is 40.8. The minimum atomic E-state index is 0.310. The fourth-order valence-electron chi connectivity index (χ4n) is 7.82. The van der Waals surface area contributed by atoms with Crippen molar-refractivity contribution in [3.63, 3.8) is 0 Å². The Morgan fingerprint density at radius 3 is 1.33 bits per heavy atom. The van der Waals surface area contributed by atoms with Crippen molar-refractivity contribution in [2.24, 2.45) is 5.92 Å². The number of rotatable bonds is 8. The van der Waals surface area contributed by atoms with E-state index in [9.17, 15) is 0 Å². The lowest BCUT2D eigenvalue weighted by molar-refractivity contribution is 0.514. The maximum atomic E-state index is 4.30. The van der Waals surface area contributed by atoms with Gasteiger partial charge in [0.05, 0.1) is 47.8 Å². The molecule has 0 aliphatic carbocycles. The Kier molecular flexibility index (Phi) is 33.1. The van der Waals surface area contributed by atoms with Crippen LogP contribution in [0.1, 0.15) is 191 Å². The second-order valence-corrected chi connectivity index (χ2v) is 24.0. The first-order valence-electron chi connectivity index (χ1n) is 31.6. The predicted molar refractivity (Wildman–Crippen MR) is 374 cm³/mol. The quantitative estimate of drug-likeness (QED) is 0.138. The monoisotopic (exact) mass is 1250 g/mol. The van der Waals surface area contributed by atoms with Gasteiger partial charge in [-0.25, -0.2) is 44.3 Å². The molecule has 0 aliphatic rings. The number of imidazole rings is 3. The maximum Gasteiger partial charge on any atom is 0.178 e. The van der Waals surface area contributed by atoms with Gasteiger partial charge >= 0.3 is 0 Å². The molecule has 0 aliphatic heterocycles. The molecular formula is C71H99N21. The Morgan fingerprint density at radius 1 is 0.326 bits per heavy atom. The fraction of sp³-hybridized carbons (Fsp3) is 0.394. The predicted octanol–water partition coefficient (Wildman–Crippen LogP) is 16.9. The molecule has 21 nitrogen and oxygen atoms in total. The number of aromatic nitrogens is 21. The van der Waals surface area contributed by atoms with E-state index in [0.717, 1.165) is 44.8 Å². The largest absolute Gasteiger partial charge is 0.335 e. The van der Waals surface area contributed by atoms with Crippen LogP contribution in [0.15, 0.2) is 203 Å². The summed E-state index contributed by atoms with van der Waals surface area (Å²) in [7, 11) is 0. The van der Waals surface area contributed by atoms with Crippen molar-refractivity contribution in [1.29, 1.82) is 0 Å². The van der Waals surface area contributed by atoms with Crippen molar-refractivity contribution in [3.05, 3.63) is 214 Å². The maximum absolute atomic E-state index is 4.30. The highest BCUT2D eigenvalue weighted by Gasteiger charge is 2.08. The number of nitrogens with zero attached hydrogens (tertiary/aromatic N) is 21. The van der Waals surface area contributed by atoms with Crippen LogP contribution in [0.3, 0.4) is 0 Å². The molecule has 13 aromatic rings. The minimum Gasteiger partial charge on any atom is -0.335 e. The summed E-state index contributed by atoms with van der Waals surface area (Å²) < 4.78 is 11.8. The van der Waals surface area contributed by atoms with Gasteiger partial charge in [0, 0.05) is 98.4 Å². The highest BCUT2D eigenvalue weighted by molar-refractivity contribution is 5.75. The Morgan fingerprint density at radius 2 is 0.859 bits per heavy atom. The summed E-state index contributed by atoms with van der Waals surface area (Å²) in [6.45, 7) is 40.4. The highest BCUT2D eigenvalue weighted by atomic mass is 15.5. The Hall–Kier alpha value is -9.79. The first-order chi connectivity index (χ1) is 44.1. The van der Waals surface area contributed by atoms with Gasteiger partial charge in [-0.05, 0) is 185 Å². The van der Waals surface area contributed by atoms with E-state index in [1.54, 1.807) is 54.1 Å². The molecule has 11 aromatic heterocycles. The van der Waals surface area contributed by atoms with E-state index >= 15 is 0 Å². The summed E-state index contributed by atoms with van der Waals surface area (Å²) in [5, 5.41) is 23.5. The molecule has 11 heterocycles. The standard InChI is InChI=1S/C10H12N2.2C9H11N3.C8H10N4.2C8H11N.C6H10N2.C5H9N3.C4H4N2.C4H10/c1-8(2)12-7-11-9-5-3-4-6-10(9)12;1-7(2)12-6-11-8-4-3-5-10-9(8)12;1-7(2)12-9-6-4-3-5-8(9)10-11-12;1-6(2)12-8-7(10-11-12)4-3-5-9-8;1-7(2)8-3-5-9-6-4-8;1-7(2)8-4-3-5-9-6-8;1-6(2)8-4-3-7-5-8;1-5(2)8-4-3-6-7-8;1-2-5-4-6-3-1;1-4(2)3/h3-8H,1-2H3;2*3-7H,1-2H3;3-6H,1-2H3;2*3-7H,1-2H3;3-6H,1-2H3;3-5H,1-2H3;1-4H;4H,1-3H3. The molecule has 0 atom stereocenters. The molecule has 0 radical (unpaired) electrons. The summed E-state index contributed by atoms with van der Waals surface area (Å²) in [6.07, 6.45) is 28.6. The second-order valence-electron chi connectivity index (χ2n) is 24.0. The average Bonchev–Trinajstić information content (AvgIpc) is 1.82. The van der Waals surface area contributed by atoms with E-state index in [1.165, 1.54) is 23.0 Å². The number of hydrogen-bond acceptors (Lipinski definition) is 15. The number of benzene rings is 2. The van der Waals surface area contributed by atoms with E-state index in [-0.39, 0.29) is 0 Å². The van der Waals surface area contributed by atoms with Crippen LogP contribution in [0.25, 0.3) is 44.4 Å². The number of para-hydroxylation sites is 3. The van der Waals surface area contributed by atoms with E-state index in [4.69, 9.17) is 0 Å². The van der Waals surface area contributed by atoms with Gasteiger partial charge < -0.3 is 13.7 Å². The van der Waals surface area contributed by atoms with Gasteiger partial charge in [-0.2, -0.15) is 0 Å². The fourth-order valence-corrected chi connectivity index (χ4v) is 7.82. The van der Waals surface area contributed by atoms with Crippen molar-refractivity contribution in [2.45, 2.75) is 180 Å². The molecule has 0 saturated carbocycles. The molecule has 13 rings (SSSR count). The van der Waals surface area contributed by atoms with Gasteiger partial charge in [0.25, 0.3) is 0 Å². The first kappa shape index (κ1) is 74.7. The number of pyridine rings is 4. The summed E-state index contributed by atoms with van der Waals surface area (Å²) in [4.78, 5) is 36.2. The third-order valence-corrected chi connectivity index (χ3v) is 12.8. The van der Waals surface area contributed by atoms with Gasteiger partial charge in [-0.3, -0.25) is 14.6 Å². The normalized spacial score (nSPS) is 10.6. The van der Waals surface area contributed by atoms with Crippen molar-refractivity contribution in [2.75, 3.05) is 0 Å². The molecule has 488 valence electrons. The molecule has 21 heteroatoms. The highest BCUT2D eigenvalue weighted by Crippen LogP contribution is 2.18. The Balaban J connectivity index is 0.000000221. The van der Waals surface area contributed by atoms with Crippen molar-refractivity contribution >= 4 is 44.4 Å². The molecular weight excluding hydrogens is 1150 g/mol. The summed E-state index contributed by atoms with van der Waals surface area (Å²) in [5.41, 5.74) is 10.7. The van der Waals surface area contributed by atoms with Crippen LogP contribution in [-0.4, -0.2) is 104 Å². The van der Waals surface area contributed by atoms with Gasteiger partial charge in [0.2, 0.25) is 0 Å². The third kappa shape index (κ3) is 26.3. The molecule has 0 unspecified atom stereocenters. The molecule has 2 aromatic carbocycles. The molecule has 0 fully saturated rings. The molecule has 0 bridgehead atoms. The number of fused-ring (bicyclic) bond motifs is 4. The summed E-state index contributed by atoms with van der Waals surface area (Å²) in [6, 6.07) is 36.3. The van der Waals surface area contributed by atoms with Crippen LogP contribution in [0, 0.1) is 5.92 Å². The minimum absolute atomic E-state index is 0.310. The zero-order chi connectivity index (χ0) is 67.4.